The molecular formula is C13H26N2O3S. The second-order valence-corrected chi connectivity index (χ2v) is 7.88. The summed E-state index contributed by atoms with van der Waals surface area (Å²) in [5.74, 6) is 0. The van der Waals surface area contributed by atoms with Gasteiger partial charge in [0.1, 0.15) is 0 Å². The molecule has 0 aromatic rings. The molecule has 112 valence electrons. The lowest BCUT2D eigenvalue weighted by Crippen LogP contribution is -2.54. The van der Waals surface area contributed by atoms with E-state index in [0.717, 1.165) is 38.8 Å². The van der Waals surface area contributed by atoms with Gasteiger partial charge in [-0.25, -0.2) is 8.42 Å². The second kappa shape index (κ2) is 5.68. The summed E-state index contributed by atoms with van der Waals surface area (Å²) in [4.78, 5) is 2.31. The minimum Gasteiger partial charge on any atom is -0.375 e. The van der Waals surface area contributed by atoms with E-state index in [-0.39, 0.29) is 11.6 Å². The Hall–Kier alpha value is -0.170. The van der Waals surface area contributed by atoms with E-state index in [2.05, 4.69) is 11.9 Å². The molecule has 0 aliphatic carbocycles. The fourth-order valence-corrected chi connectivity index (χ4v) is 4.58. The number of sulfonamides is 1. The Morgan fingerprint density at radius 1 is 1.37 bits per heavy atom. The van der Waals surface area contributed by atoms with E-state index in [4.69, 9.17) is 4.74 Å². The van der Waals surface area contributed by atoms with Gasteiger partial charge >= 0.3 is 0 Å². The zero-order valence-corrected chi connectivity index (χ0v) is 13.1. The van der Waals surface area contributed by atoms with Crippen molar-refractivity contribution in [2.75, 3.05) is 39.5 Å². The highest BCUT2D eigenvalue weighted by atomic mass is 32.2. The van der Waals surface area contributed by atoms with Gasteiger partial charge in [0.2, 0.25) is 10.0 Å². The van der Waals surface area contributed by atoms with Crippen molar-refractivity contribution in [3.63, 3.8) is 0 Å². The van der Waals surface area contributed by atoms with Crippen molar-refractivity contribution in [2.24, 2.45) is 0 Å². The molecule has 2 heterocycles. The Kier molecular flexibility index (Phi) is 4.55. The highest BCUT2D eigenvalue weighted by Crippen LogP contribution is 2.36. The first kappa shape index (κ1) is 15.2. The number of piperidine rings is 1. The van der Waals surface area contributed by atoms with Gasteiger partial charge in [-0.15, -0.1) is 0 Å². The molecule has 2 aliphatic rings. The fourth-order valence-electron chi connectivity index (χ4n) is 3.39. The summed E-state index contributed by atoms with van der Waals surface area (Å²) in [6.07, 6.45) is 5.01. The molecule has 5 nitrogen and oxygen atoms in total. The lowest BCUT2D eigenvalue weighted by molar-refractivity contribution is -0.124. The van der Waals surface area contributed by atoms with Crippen LogP contribution in [0, 0.1) is 0 Å². The van der Waals surface area contributed by atoms with Crippen LogP contribution in [0.15, 0.2) is 0 Å². The standard InChI is InChI=1S/C13H26N2O3S/c1-4-15(19(3,16)17)12-5-10-18-13(11-12)6-8-14(2)9-7-13/h12H,4-11H2,1-3H3. The number of nitrogens with zero attached hydrogens (tertiary/aromatic N) is 2. The van der Waals surface area contributed by atoms with Crippen LogP contribution in [0.1, 0.15) is 32.6 Å². The van der Waals surface area contributed by atoms with Crippen molar-refractivity contribution in [1.29, 1.82) is 0 Å². The predicted molar refractivity (Wildman–Crippen MR) is 75.7 cm³/mol. The smallest absolute Gasteiger partial charge is 0.211 e. The normalized spacial score (nSPS) is 28.9. The molecule has 1 atom stereocenters. The maximum atomic E-state index is 11.9. The fraction of sp³-hybridized carbons (Fsp3) is 1.00. The first-order valence-corrected chi connectivity index (χ1v) is 9.00. The average molecular weight is 290 g/mol. The van der Waals surface area contributed by atoms with Gasteiger partial charge < -0.3 is 9.64 Å². The molecule has 0 saturated carbocycles. The van der Waals surface area contributed by atoms with Gasteiger partial charge in [-0.05, 0) is 32.7 Å². The Morgan fingerprint density at radius 3 is 2.53 bits per heavy atom. The first-order valence-electron chi connectivity index (χ1n) is 7.16. The molecule has 0 aromatic carbocycles. The van der Waals surface area contributed by atoms with E-state index in [0.29, 0.717) is 13.2 Å². The predicted octanol–water partition coefficient (Wildman–Crippen LogP) is 0.911. The van der Waals surface area contributed by atoms with Crippen molar-refractivity contribution < 1.29 is 13.2 Å². The van der Waals surface area contributed by atoms with Crippen LogP contribution in [-0.2, 0) is 14.8 Å². The third-order valence-electron chi connectivity index (χ3n) is 4.51. The maximum Gasteiger partial charge on any atom is 0.211 e. The first-order chi connectivity index (χ1) is 8.86. The van der Waals surface area contributed by atoms with Crippen LogP contribution in [-0.4, -0.2) is 68.8 Å². The largest absolute Gasteiger partial charge is 0.375 e. The molecule has 2 aliphatic heterocycles. The quantitative estimate of drug-likeness (QED) is 0.775. The molecular weight excluding hydrogens is 264 g/mol. The minimum atomic E-state index is -3.11. The highest BCUT2D eigenvalue weighted by Gasteiger charge is 2.42. The van der Waals surface area contributed by atoms with Gasteiger partial charge in [0.05, 0.1) is 11.9 Å². The summed E-state index contributed by atoms with van der Waals surface area (Å²) in [5.41, 5.74) is -0.0897. The van der Waals surface area contributed by atoms with Gasteiger partial charge in [-0.2, -0.15) is 4.31 Å². The second-order valence-electron chi connectivity index (χ2n) is 5.95. The van der Waals surface area contributed by atoms with Gasteiger partial charge in [0, 0.05) is 32.3 Å². The van der Waals surface area contributed by atoms with Crippen molar-refractivity contribution in [3.05, 3.63) is 0 Å². The Bertz CT molecular complexity index is 402. The number of ether oxygens (including phenoxy) is 1. The molecule has 19 heavy (non-hydrogen) atoms. The van der Waals surface area contributed by atoms with Gasteiger partial charge in [-0.1, -0.05) is 6.92 Å². The summed E-state index contributed by atoms with van der Waals surface area (Å²) < 4.78 is 31.4. The molecule has 0 radical (unpaired) electrons. The third-order valence-corrected chi connectivity index (χ3v) is 5.92. The Labute approximate surface area is 117 Å². The summed E-state index contributed by atoms with van der Waals surface area (Å²) in [6.45, 7) is 5.23. The van der Waals surface area contributed by atoms with Crippen molar-refractivity contribution in [3.8, 4) is 0 Å². The van der Waals surface area contributed by atoms with Gasteiger partial charge in [-0.3, -0.25) is 0 Å². The molecule has 2 rings (SSSR count). The van der Waals surface area contributed by atoms with Crippen LogP contribution in [0.4, 0.5) is 0 Å². The number of hydrogen-bond acceptors (Lipinski definition) is 4. The topological polar surface area (TPSA) is 49.9 Å². The summed E-state index contributed by atoms with van der Waals surface area (Å²) in [5, 5.41) is 0. The van der Waals surface area contributed by atoms with Crippen molar-refractivity contribution >= 4 is 10.0 Å². The van der Waals surface area contributed by atoms with Crippen LogP contribution in [0.5, 0.6) is 0 Å². The summed E-state index contributed by atoms with van der Waals surface area (Å²) in [7, 11) is -0.986. The lowest BCUT2D eigenvalue weighted by atomic mass is 9.82. The molecule has 1 unspecified atom stereocenters. The van der Waals surface area contributed by atoms with Crippen LogP contribution >= 0.6 is 0 Å². The molecule has 0 aromatic heterocycles. The van der Waals surface area contributed by atoms with Gasteiger partial charge in [0.15, 0.2) is 0 Å². The zero-order valence-electron chi connectivity index (χ0n) is 12.3. The van der Waals surface area contributed by atoms with Crippen LogP contribution in [0.3, 0.4) is 0 Å². The molecule has 0 amide bonds. The van der Waals surface area contributed by atoms with E-state index in [1.54, 1.807) is 4.31 Å². The number of hydrogen-bond donors (Lipinski definition) is 0. The lowest BCUT2D eigenvalue weighted by Gasteiger charge is -2.47. The number of rotatable bonds is 3. The van der Waals surface area contributed by atoms with E-state index >= 15 is 0 Å². The minimum absolute atomic E-state index is 0.0897. The molecule has 2 fully saturated rings. The van der Waals surface area contributed by atoms with E-state index in [9.17, 15) is 8.42 Å². The van der Waals surface area contributed by atoms with Gasteiger partial charge in [0.25, 0.3) is 0 Å². The average Bonchev–Trinajstić information content (AvgIpc) is 2.33. The summed E-state index contributed by atoms with van der Waals surface area (Å²) >= 11 is 0. The Morgan fingerprint density at radius 2 is 2.00 bits per heavy atom. The number of likely N-dealkylation sites (tertiary alicyclic amines) is 1. The van der Waals surface area contributed by atoms with E-state index in [1.165, 1.54) is 6.26 Å². The monoisotopic (exact) mass is 290 g/mol. The molecule has 6 heteroatoms. The molecule has 1 spiro atoms. The molecule has 2 saturated heterocycles. The SMILES string of the molecule is CCN(C1CCOC2(CCN(C)CC2)C1)S(C)(=O)=O. The van der Waals surface area contributed by atoms with Crippen molar-refractivity contribution in [1.82, 2.24) is 9.21 Å². The maximum absolute atomic E-state index is 11.9. The Balaban J connectivity index is 2.08. The van der Waals surface area contributed by atoms with Crippen molar-refractivity contribution in [2.45, 2.75) is 44.2 Å². The third kappa shape index (κ3) is 3.48. The molecule has 0 bridgehead atoms. The molecule has 0 N–H and O–H groups in total. The van der Waals surface area contributed by atoms with E-state index in [1.807, 2.05) is 6.92 Å². The van der Waals surface area contributed by atoms with Crippen LogP contribution in [0.2, 0.25) is 0 Å². The van der Waals surface area contributed by atoms with Crippen LogP contribution in [0.25, 0.3) is 0 Å². The zero-order chi connectivity index (χ0) is 14.1. The summed E-state index contributed by atoms with van der Waals surface area (Å²) in [6, 6.07) is 0.108. The highest BCUT2D eigenvalue weighted by molar-refractivity contribution is 7.88. The van der Waals surface area contributed by atoms with E-state index < -0.39 is 10.0 Å². The van der Waals surface area contributed by atoms with Crippen LogP contribution < -0.4 is 0 Å².